The Morgan fingerprint density at radius 2 is 1.77 bits per heavy atom. The number of nitrogens with one attached hydrogen (secondary N) is 1. The summed E-state index contributed by atoms with van der Waals surface area (Å²) in [7, 11) is 0. The summed E-state index contributed by atoms with van der Waals surface area (Å²) in [4.78, 5) is 17.3. The van der Waals surface area contributed by atoms with Crippen molar-refractivity contribution in [2.75, 3.05) is 13.2 Å². The van der Waals surface area contributed by atoms with Gasteiger partial charge in [0.2, 0.25) is 0 Å². The second kappa shape index (κ2) is 8.74. The van der Waals surface area contributed by atoms with Gasteiger partial charge in [-0.05, 0) is 55.7 Å². The van der Waals surface area contributed by atoms with E-state index in [9.17, 15) is 4.79 Å². The molecule has 0 saturated heterocycles. The normalized spacial score (nSPS) is 11.1. The smallest absolute Gasteiger partial charge is 0.251 e. The molecule has 2 N–H and O–H groups in total. The standard InChI is InChI=1S/C26H27N3O2/c1-4-29-24-12-10-19(26(31)27-13-14-30)16-23(24)28-25(29)22-8-6-5-7-21(22)20-11-9-17(2)15-18(20)3/h5-12,15-16,30H,4,13-14H2,1-3H3,(H,27,31). The lowest BCUT2D eigenvalue weighted by Crippen LogP contribution is -2.26. The van der Waals surface area contributed by atoms with Crippen molar-refractivity contribution in [2.45, 2.75) is 27.3 Å². The van der Waals surface area contributed by atoms with Gasteiger partial charge in [-0.15, -0.1) is 0 Å². The number of carbonyl (C=O) groups excluding carboxylic acids is 1. The summed E-state index contributed by atoms with van der Waals surface area (Å²) in [6, 6.07) is 20.4. The summed E-state index contributed by atoms with van der Waals surface area (Å²) >= 11 is 0. The van der Waals surface area contributed by atoms with E-state index in [2.05, 4.69) is 67.1 Å². The maximum absolute atomic E-state index is 12.3. The van der Waals surface area contributed by atoms with Gasteiger partial charge in [0.15, 0.2) is 0 Å². The van der Waals surface area contributed by atoms with Crippen molar-refractivity contribution in [1.29, 1.82) is 0 Å². The van der Waals surface area contributed by atoms with Crippen LogP contribution in [0.1, 0.15) is 28.4 Å². The molecule has 1 amide bonds. The van der Waals surface area contributed by atoms with E-state index in [0.29, 0.717) is 5.56 Å². The number of hydrogen-bond acceptors (Lipinski definition) is 3. The van der Waals surface area contributed by atoms with E-state index < -0.39 is 0 Å². The van der Waals surface area contributed by atoms with Crippen molar-refractivity contribution in [3.05, 3.63) is 77.4 Å². The van der Waals surface area contributed by atoms with Crippen molar-refractivity contribution in [3.63, 3.8) is 0 Å². The fourth-order valence-corrected chi connectivity index (χ4v) is 4.10. The van der Waals surface area contributed by atoms with Crippen molar-refractivity contribution >= 4 is 16.9 Å². The number of benzene rings is 3. The Morgan fingerprint density at radius 3 is 2.48 bits per heavy atom. The van der Waals surface area contributed by atoms with Crippen molar-refractivity contribution in [1.82, 2.24) is 14.9 Å². The number of rotatable bonds is 6. The van der Waals surface area contributed by atoms with E-state index in [-0.39, 0.29) is 19.1 Å². The van der Waals surface area contributed by atoms with Crippen molar-refractivity contribution < 1.29 is 9.90 Å². The van der Waals surface area contributed by atoms with Gasteiger partial charge in [0, 0.05) is 24.2 Å². The molecule has 1 heterocycles. The van der Waals surface area contributed by atoms with Gasteiger partial charge in [0.1, 0.15) is 5.82 Å². The van der Waals surface area contributed by atoms with Crippen LogP contribution in [0.25, 0.3) is 33.5 Å². The van der Waals surface area contributed by atoms with Crippen molar-refractivity contribution in [3.8, 4) is 22.5 Å². The Morgan fingerprint density at radius 1 is 1.00 bits per heavy atom. The van der Waals surface area contributed by atoms with Gasteiger partial charge < -0.3 is 15.0 Å². The number of aliphatic hydroxyl groups is 1. The molecule has 0 aliphatic heterocycles. The number of fused-ring (bicyclic) bond motifs is 1. The third-order valence-electron chi connectivity index (χ3n) is 5.56. The summed E-state index contributed by atoms with van der Waals surface area (Å²) < 4.78 is 2.19. The molecule has 3 aromatic carbocycles. The highest BCUT2D eigenvalue weighted by molar-refractivity contribution is 5.98. The number of carbonyl (C=O) groups is 1. The van der Waals surface area contributed by atoms with Gasteiger partial charge >= 0.3 is 0 Å². The SMILES string of the molecule is CCn1c(-c2ccccc2-c2ccc(C)cc2C)nc2cc(C(=O)NCCO)ccc21. The molecule has 158 valence electrons. The van der Waals surface area contributed by atoms with Crippen LogP contribution in [0.15, 0.2) is 60.7 Å². The number of aryl methyl sites for hydroxylation is 3. The minimum absolute atomic E-state index is 0.0855. The molecule has 0 atom stereocenters. The molecule has 5 nitrogen and oxygen atoms in total. The Kier molecular flexibility index (Phi) is 5.87. The lowest BCUT2D eigenvalue weighted by molar-refractivity contribution is 0.0945. The van der Waals surface area contributed by atoms with Crippen LogP contribution in [-0.2, 0) is 6.54 Å². The third kappa shape index (κ3) is 3.97. The Balaban J connectivity index is 1.86. The number of nitrogens with zero attached hydrogens (tertiary/aromatic N) is 2. The van der Waals surface area contributed by atoms with Gasteiger partial charge in [0.25, 0.3) is 5.91 Å². The Labute approximate surface area is 182 Å². The maximum Gasteiger partial charge on any atom is 0.251 e. The summed E-state index contributed by atoms with van der Waals surface area (Å²) in [6.07, 6.45) is 0. The quantitative estimate of drug-likeness (QED) is 0.480. The molecule has 0 unspecified atom stereocenters. The predicted octanol–water partition coefficient (Wildman–Crippen LogP) is 4.73. The molecule has 0 aliphatic rings. The molecule has 0 spiro atoms. The predicted molar refractivity (Wildman–Crippen MR) is 125 cm³/mol. The van der Waals surface area contributed by atoms with Crippen LogP contribution in [0.4, 0.5) is 0 Å². The van der Waals surface area contributed by atoms with Crippen LogP contribution < -0.4 is 5.32 Å². The minimum atomic E-state index is -0.209. The second-order valence-corrected chi connectivity index (χ2v) is 7.73. The first kappa shape index (κ1) is 20.8. The molecule has 0 fully saturated rings. The van der Waals surface area contributed by atoms with E-state index in [1.54, 1.807) is 0 Å². The Hall–Kier alpha value is -3.44. The first-order chi connectivity index (χ1) is 15.0. The molecular formula is C26H27N3O2. The molecule has 5 heteroatoms. The number of amides is 1. The van der Waals surface area contributed by atoms with Crippen LogP contribution in [0.2, 0.25) is 0 Å². The van der Waals surface area contributed by atoms with Crippen LogP contribution in [-0.4, -0.2) is 33.7 Å². The average molecular weight is 414 g/mol. The van der Waals surface area contributed by atoms with E-state index in [1.165, 1.54) is 16.7 Å². The molecule has 4 rings (SSSR count). The molecule has 0 radical (unpaired) electrons. The zero-order valence-electron chi connectivity index (χ0n) is 18.1. The van der Waals surface area contributed by atoms with Crippen LogP contribution in [0, 0.1) is 13.8 Å². The van der Waals surface area contributed by atoms with Gasteiger partial charge in [0.05, 0.1) is 17.6 Å². The monoisotopic (exact) mass is 413 g/mol. The molecule has 1 aromatic heterocycles. The van der Waals surface area contributed by atoms with E-state index in [4.69, 9.17) is 10.1 Å². The molecule has 4 aromatic rings. The molecule has 0 saturated carbocycles. The summed E-state index contributed by atoms with van der Waals surface area (Å²) in [5.74, 6) is 0.681. The number of aromatic nitrogens is 2. The van der Waals surface area contributed by atoms with Crippen LogP contribution in [0.3, 0.4) is 0 Å². The summed E-state index contributed by atoms with van der Waals surface area (Å²) in [5.41, 5.74) is 8.19. The van der Waals surface area contributed by atoms with Crippen molar-refractivity contribution in [2.24, 2.45) is 0 Å². The topological polar surface area (TPSA) is 67.2 Å². The van der Waals surface area contributed by atoms with Gasteiger partial charge in [-0.3, -0.25) is 4.79 Å². The Bertz CT molecular complexity index is 1260. The van der Waals surface area contributed by atoms with E-state index >= 15 is 0 Å². The lowest BCUT2D eigenvalue weighted by Gasteiger charge is -2.14. The number of aliphatic hydroxyl groups excluding tert-OH is 1. The zero-order chi connectivity index (χ0) is 22.0. The van der Waals surface area contributed by atoms with Crippen LogP contribution in [0.5, 0.6) is 0 Å². The number of hydrogen-bond donors (Lipinski definition) is 2. The highest BCUT2D eigenvalue weighted by Crippen LogP contribution is 2.35. The van der Waals surface area contributed by atoms with E-state index in [1.807, 2.05) is 24.3 Å². The summed E-state index contributed by atoms with van der Waals surface area (Å²) in [5, 5.41) is 11.7. The molecule has 0 bridgehead atoms. The fourth-order valence-electron chi connectivity index (χ4n) is 4.10. The fraction of sp³-hybridized carbons (Fsp3) is 0.231. The number of imidazole rings is 1. The van der Waals surface area contributed by atoms with E-state index in [0.717, 1.165) is 34.5 Å². The molecule has 0 aliphatic carbocycles. The average Bonchev–Trinajstić information content (AvgIpc) is 3.15. The van der Waals surface area contributed by atoms with Crippen LogP contribution >= 0.6 is 0 Å². The second-order valence-electron chi connectivity index (χ2n) is 7.73. The first-order valence-corrected chi connectivity index (χ1v) is 10.6. The molecular weight excluding hydrogens is 386 g/mol. The maximum atomic E-state index is 12.3. The largest absolute Gasteiger partial charge is 0.395 e. The minimum Gasteiger partial charge on any atom is -0.395 e. The molecule has 31 heavy (non-hydrogen) atoms. The highest BCUT2D eigenvalue weighted by atomic mass is 16.3. The lowest BCUT2D eigenvalue weighted by atomic mass is 9.94. The highest BCUT2D eigenvalue weighted by Gasteiger charge is 2.17. The zero-order valence-corrected chi connectivity index (χ0v) is 18.1. The van der Waals surface area contributed by atoms with Gasteiger partial charge in [-0.2, -0.15) is 0 Å². The summed E-state index contributed by atoms with van der Waals surface area (Å²) in [6.45, 7) is 7.26. The van der Waals surface area contributed by atoms with Gasteiger partial charge in [-0.25, -0.2) is 4.98 Å². The third-order valence-corrected chi connectivity index (χ3v) is 5.56. The van der Waals surface area contributed by atoms with Gasteiger partial charge in [-0.1, -0.05) is 48.0 Å². The first-order valence-electron chi connectivity index (χ1n) is 10.6.